The quantitative estimate of drug-likeness (QED) is 0.487. The number of hydrogen-bond donors (Lipinski definition) is 0. The third-order valence-electron chi connectivity index (χ3n) is 5.15. The zero-order chi connectivity index (χ0) is 17.1. The predicted molar refractivity (Wildman–Crippen MR) is 113 cm³/mol. The molecule has 126 valence electrons. The Balaban J connectivity index is 0.000000238. The molecule has 0 aliphatic heterocycles. The van der Waals surface area contributed by atoms with Gasteiger partial charge >= 0.3 is 0 Å². The molecule has 0 N–H and O–H groups in total. The fraction of sp³-hybridized carbons (Fsp3) is 0.429. The molecule has 23 heavy (non-hydrogen) atoms. The minimum atomic E-state index is -0.262. The summed E-state index contributed by atoms with van der Waals surface area (Å²) < 4.78 is 0. The van der Waals surface area contributed by atoms with Crippen molar-refractivity contribution in [2.75, 3.05) is 12.5 Å². The minimum absolute atomic E-state index is 0.262. The molecule has 0 aromatic heterocycles. The zero-order valence-electron chi connectivity index (χ0n) is 15.6. The molecule has 0 atom stereocenters. The van der Waals surface area contributed by atoms with E-state index in [2.05, 4.69) is 93.9 Å². The molecule has 2 aromatic carbocycles. The lowest BCUT2D eigenvalue weighted by Gasteiger charge is -2.37. The lowest BCUT2D eigenvalue weighted by Crippen LogP contribution is -2.45. The van der Waals surface area contributed by atoms with Crippen molar-refractivity contribution in [1.82, 2.24) is 0 Å². The molecule has 0 bridgehead atoms. The summed E-state index contributed by atoms with van der Waals surface area (Å²) in [6.07, 6.45) is 8.19. The Kier molecular flexibility index (Phi) is 9.17. The lowest BCUT2D eigenvalue weighted by atomic mass is 9.17. The molecule has 0 amide bonds. The van der Waals surface area contributed by atoms with Crippen molar-refractivity contribution in [3.63, 3.8) is 0 Å². The van der Waals surface area contributed by atoms with Gasteiger partial charge in [-0.2, -0.15) is 19.0 Å². The highest BCUT2D eigenvalue weighted by molar-refractivity contribution is 7.94. The molecular formula is C21H33BS. The highest BCUT2D eigenvalue weighted by Crippen LogP contribution is 2.19. The van der Waals surface area contributed by atoms with E-state index in [0.717, 1.165) is 0 Å². The normalized spacial score (nSPS) is 11.0. The van der Waals surface area contributed by atoms with Crippen LogP contribution in [0.2, 0.25) is 19.0 Å². The van der Waals surface area contributed by atoms with E-state index in [9.17, 15) is 0 Å². The second kappa shape index (κ2) is 10.6. The molecule has 0 spiro atoms. The van der Waals surface area contributed by atoms with Crippen molar-refractivity contribution in [2.45, 2.75) is 45.5 Å². The van der Waals surface area contributed by atoms with Gasteiger partial charge < -0.3 is 0 Å². The first kappa shape index (κ1) is 19.9. The van der Waals surface area contributed by atoms with E-state index in [0.29, 0.717) is 10.9 Å². The summed E-state index contributed by atoms with van der Waals surface area (Å²) >= 11 is 0. The molecule has 0 nitrogen and oxygen atoms in total. The molecule has 0 aliphatic carbocycles. The molecule has 0 saturated carbocycles. The fourth-order valence-corrected chi connectivity index (χ4v) is 4.20. The van der Waals surface area contributed by atoms with Crippen LogP contribution in [0.3, 0.4) is 0 Å². The van der Waals surface area contributed by atoms with E-state index in [-0.39, 0.29) is 6.15 Å². The molecule has 0 unspecified atom stereocenters. The van der Waals surface area contributed by atoms with E-state index < -0.39 is 0 Å². The second-order valence-electron chi connectivity index (χ2n) is 6.73. The van der Waals surface area contributed by atoms with Crippen molar-refractivity contribution < 1.29 is 0 Å². The van der Waals surface area contributed by atoms with E-state index in [1.165, 1.54) is 30.3 Å². The molecule has 0 fully saturated rings. The van der Waals surface area contributed by atoms with Crippen molar-refractivity contribution in [1.29, 1.82) is 0 Å². The van der Waals surface area contributed by atoms with Crippen LogP contribution in [0.4, 0.5) is 0 Å². The van der Waals surface area contributed by atoms with Crippen LogP contribution in [0.1, 0.15) is 26.3 Å². The van der Waals surface area contributed by atoms with Crippen LogP contribution in [0.5, 0.6) is 0 Å². The first-order valence-electron chi connectivity index (χ1n) is 8.91. The lowest BCUT2D eigenvalue weighted by molar-refractivity contribution is 1.19. The molecule has 2 rings (SSSR count). The zero-order valence-corrected chi connectivity index (χ0v) is 16.4. The maximum absolute atomic E-state index is 2.32. The van der Waals surface area contributed by atoms with E-state index in [1.54, 1.807) is 5.46 Å². The Labute approximate surface area is 147 Å². The van der Waals surface area contributed by atoms with Gasteiger partial charge in [-0.15, -0.1) is 0 Å². The molecule has 2 aromatic rings. The van der Waals surface area contributed by atoms with Crippen molar-refractivity contribution in [3.05, 3.63) is 66.2 Å². The second-order valence-corrected chi connectivity index (χ2v) is 8.99. The Morgan fingerprint density at radius 2 is 1.13 bits per heavy atom. The van der Waals surface area contributed by atoms with Gasteiger partial charge in [0.2, 0.25) is 0 Å². The van der Waals surface area contributed by atoms with Gasteiger partial charge in [-0.1, -0.05) is 81.4 Å². The van der Waals surface area contributed by atoms with E-state index in [4.69, 9.17) is 0 Å². The summed E-state index contributed by atoms with van der Waals surface area (Å²) in [6.45, 7) is 6.96. The monoisotopic (exact) mass is 328 g/mol. The summed E-state index contributed by atoms with van der Waals surface area (Å²) in [5.41, 5.74) is 3.02. The standard InChI is InChI=1S/C12H20B.C9H13S/c1-4-13(5-2,6-3)12-10-8-7-9-11-12;1-10(2)8-9-6-4-3-5-7-9/h7-11H,4-6H2,1-3H3;3-7H,8H2,1-2H3/q-1;+1. The largest absolute Gasteiger partial charge is 0.210 e. The van der Waals surface area contributed by atoms with Crippen LogP contribution < -0.4 is 5.46 Å². The Morgan fingerprint density at radius 1 is 0.696 bits per heavy atom. The first-order valence-corrected chi connectivity index (χ1v) is 11.1. The summed E-state index contributed by atoms with van der Waals surface area (Å²) in [6, 6.07) is 21.6. The van der Waals surface area contributed by atoms with Gasteiger partial charge in [-0.25, -0.2) is 5.46 Å². The molecule has 0 radical (unpaired) electrons. The van der Waals surface area contributed by atoms with Gasteiger partial charge in [0.25, 0.3) is 0 Å². The van der Waals surface area contributed by atoms with Crippen molar-refractivity contribution in [2.24, 2.45) is 0 Å². The Hall–Kier alpha value is -1.15. The average molecular weight is 328 g/mol. The number of benzene rings is 2. The van der Waals surface area contributed by atoms with Gasteiger partial charge in [0.1, 0.15) is 5.75 Å². The average Bonchev–Trinajstić information content (AvgIpc) is 2.59. The van der Waals surface area contributed by atoms with E-state index in [1.807, 2.05) is 0 Å². The van der Waals surface area contributed by atoms with Gasteiger partial charge in [0.15, 0.2) is 0 Å². The topological polar surface area (TPSA) is 0 Å². The SMILES string of the molecule is CC[B-](CC)(CC)c1ccccc1.C[S+](C)Cc1ccccc1. The van der Waals surface area contributed by atoms with Crippen LogP contribution in [0, 0.1) is 0 Å². The Morgan fingerprint density at radius 3 is 1.52 bits per heavy atom. The number of hydrogen-bond acceptors (Lipinski definition) is 0. The third kappa shape index (κ3) is 6.47. The summed E-state index contributed by atoms with van der Waals surface area (Å²) in [5, 5.41) is 0. The van der Waals surface area contributed by atoms with Gasteiger partial charge in [-0.3, -0.25) is 0 Å². The van der Waals surface area contributed by atoms with Crippen molar-refractivity contribution in [3.8, 4) is 0 Å². The Bertz CT molecular complexity index is 510. The smallest absolute Gasteiger partial charge is 0.132 e. The summed E-state index contributed by atoms with van der Waals surface area (Å²) in [5.74, 6) is 1.22. The molecule has 2 heteroatoms. The highest BCUT2D eigenvalue weighted by Gasteiger charge is 2.19. The summed E-state index contributed by atoms with van der Waals surface area (Å²) in [7, 11) is 0.533. The predicted octanol–water partition coefficient (Wildman–Crippen LogP) is 5.47. The van der Waals surface area contributed by atoms with Crippen LogP contribution in [0.15, 0.2) is 60.7 Å². The van der Waals surface area contributed by atoms with E-state index >= 15 is 0 Å². The van der Waals surface area contributed by atoms with Gasteiger partial charge in [0.05, 0.1) is 12.5 Å². The van der Waals surface area contributed by atoms with Crippen LogP contribution in [-0.2, 0) is 16.6 Å². The van der Waals surface area contributed by atoms with Gasteiger partial charge in [-0.05, 0) is 10.9 Å². The van der Waals surface area contributed by atoms with Crippen LogP contribution >= 0.6 is 0 Å². The maximum Gasteiger partial charge on any atom is 0.132 e. The van der Waals surface area contributed by atoms with Crippen LogP contribution in [-0.4, -0.2) is 18.7 Å². The van der Waals surface area contributed by atoms with Gasteiger partial charge in [0, 0.05) is 11.7 Å². The summed E-state index contributed by atoms with van der Waals surface area (Å²) in [4.78, 5) is 0. The minimum Gasteiger partial charge on any atom is -0.210 e. The molecule has 0 heterocycles. The highest BCUT2D eigenvalue weighted by atomic mass is 32.2. The fourth-order valence-electron chi connectivity index (χ4n) is 3.34. The number of rotatable bonds is 6. The van der Waals surface area contributed by atoms with Crippen molar-refractivity contribution >= 4 is 22.5 Å². The first-order chi connectivity index (χ1) is 11.1. The molecule has 0 aliphatic rings. The maximum atomic E-state index is 2.32. The molecular weight excluding hydrogens is 295 g/mol. The van der Waals surface area contributed by atoms with Crippen LogP contribution in [0.25, 0.3) is 0 Å². The molecule has 0 saturated heterocycles. The third-order valence-corrected chi connectivity index (χ3v) is 6.06.